The number of carbonyl (C=O) groups is 1. The van der Waals surface area contributed by atoms with E-state index in [1.165, 1.54) is 12.8 Å². The van der Waals surface area contributed by atoms with Gasteiger partial charge in [0.05, 0.1) is 6.54 Å². The summed E-state index contributed by atoms with van der Waals surface area (Å²) in [6.07, 6.45) is 4.52. The molecule has 1 atom stereocenters. The van der Waals surface area contributed by atoms with Gasteiger partial charge in [-0.2, -0.15) is 0 Å². The number of hydrogen-bond acceptors (Lipinski definition) is 2. The van der Waals surface area contributed by atoms with Crippen LogP contribution < -0.4 is 5.73 Å². The number of rotatable bonds is 2. The monoisotopic (exact) mass is 169 g/mol. The van der Waals surface area contributed by atoms with Crippen LogP contribution in [-0.4, -0.2) is 12.3 Å². The molecular weight excluding hydrogens is 150 g/mol. The molecule has 0 radical (unpaired) electrons. The summed E-state index contributed by atoms with van der Waals surface area (Å²) in [6.45, 7) is 4.70. The highest BCUT2D eigenvalue weighted by atomic mass is 16.1. The maximum Gasteiger partial charge on any atom is 0.149 e. The van der Waals surface area contributed by atoms with Crippen molar-refractivity contribution < 1.29 is 4.79 Å². The number of nitrogens with two attached hydrogens (primary N) is 1. The maximum atomic E-state index is 11.3. The third-order valence-electron chi connectivity index (χ3n) is 2.86. The Morgan fingerprint density at radius 2 is 2.25 bits per heavy atom. The molecule has 12 heavy (non-hydrogen) atoms. The zero-order valence-electron chi connectivity index (χ0n) is 8.10. The SMILES string of the molecule is CC1(C)CCCC(C(=O)CN)C1. The van der Waals surface area contributed by atoms with Crippen molar-refractivity contribution in [2.75, 3.05) is 6.54 Å². The van der Waals surface area contributed by atoms with Crippen LogP contribution in [-0.2, 0) is 4.79 Å². The Balaban J connectivity index is 2.52. The molecule has 0 aromatic heterocycles. The first-order valence-corrected chi connectivity index (χ1v) is 4.78. The molecule has 1 aliphatic rings. The van der Waals surface area contributed by atoms with Gasteiger partial charge >= 0.3 is 0 Å². The van der Waals surface area contributed by atoms with Crippen LogP contribution in [0, 0.1) is 11.3 Å². The van der Waals surface area contributed by atoms with Gasteiger partial charge in [0.25, 0.3) is 0 Å². The van der Waals surface area contributed by atoms with Gasteiger partial charge in [-0.1, -0.05) is 20.3 Å². The van der Waals surface area contributed by atoms with Gasteiger partial charge in [-0.05, 0) is 24.7 Å². The smallest absolute Gasteiger partial charge is 0.149 e. The molecule has 2 heteroatoms. The number of hydrogen-bond donors (Lipinski definition) is 1. The van der Waals surface area contributed by atoms with Gasteiger partial charge in [0.2, 0.25) is 0 Å². The lowest BCUT2D eigenvalue weighted by Gasteiger charge is -2.34. The van der Waals surface area contributed by atoms with E-state index in [0.717, 1.165) is 12.8 Å². The molecule has 1 unspecified atom stereocenters. The molecule has 1 rings (SSSR count). The third-order valence-corrected chi connectivity index (χ3v) is 2.86. The molecule has 0 heterocycles. The molecule has 0 aliphatic heterocycles. The Hall–Kier alpha value is -0.370. The van der Waals surface area contributed by atoms with Gasteiger partial charge in [-0.15, -0.1) is 0 Å². The van der Waals surface area contributed by atoms with Crippen molar-refractivity contribution >= 4 is 5.78 Å². The van der Waals surface area contributed by atoms with E-state index in [4.69, 9.17) is 5.73 Å². The van der Waals surface area contributed by atoms with Gasteiger partial charge in [0, 0.05) is 5.92 Å². The molecule has 1 fully saturated rings. The predicted octanol–water partition coefficient (Wildman–Crippen LogP) is 1.73. The van der Waals surface area contributed by atoms with Gasteiger partial charge in [0.15, 0.2) is 0 Å². The second kappa shape index (κ2) is 3.56. The molecule has 0 amide bonds. The van der Waals surface area contributed by atoms with E-state index in [-0.39, 0.29) is 18.2 Å². The van der Waals surface area contributed by atoms with E-state index >= 15 is 0 Å². The summed E-state index contributed by atoms with van der Waals surface area (Å²) < 4.78 is 0. The molecule has 2 N–H and O–H groups in total. The van der Waals surface area contributed by atoms with Crippen molar-refractivity contribution in [3.63, 3.8) is 0 Å². The van der Waals surface area contributed by atoms with Gasteiger partial charge in [0.1, 0.15) is 5.78 Å². The molecule has 0 bridgehead atoms. The normalized spacial score (nSPS) is 28.4. The zero-order valence-corrected chi connectivity index (χ0v) is 8.10. The summed E-state index contributed by atoms with van der Waals surface area (Å²) in [5.41, 5.74) is 5.70. The van der Waals surface area contributed by atoms with E-state index in [1.54, 1.807) is 0 Å². The second-order valence-electron chi connectivity index (χ2n) is 4.63. The summed E-state index contributed by atoms with van der Waals surface area (Å²) in [7, 11) is 0. The fourth-order valence-electron chi connectivity index (χ4n) is 2.14. The average Bonchev–Trinajstić information content (AvgIpc) is 2.01. The fraction of sp³-hybridized carbons (Fsp3) is 0.900. The van der Waals surface area contributed by atoms with Crippen LogP contribution in [0.5, 0.6) is 0 Å². The van der Waals surface area contributed by atoms with Crippen LogP contribution in [0.25, 0.3) is 0 Å². The highest BCUT2D eigenvalue weighted by Gasteiger charge is 2.30. The van der Waals surface area contributed by atoms with Crippen molar-refractivity contribution in [1.29, 1.82) is 0 Å². The first-order chi connectivity index (χ1) is 5.55. The molecule has 0 aromatic carbocycles. The topological polar surface area (TPSA) is 43.1 Å². The lowest BCUT2D eigenvalue weighted by molar-refractivity contribution is -0.123. The Morgan fingerprint density at radius 1 is 1.58 bits per heavy atom. The number of Topliss-reactive ketones (excluding diaryl/α,β-unsaturated/α-hetero) is 1. The van der Waals surface area contributed by atoms with E-state index in [0.29, 0.717) is 5.41 Å². The zero-order chi connectivity index (χ0) is 9.19. The first kappa shape index (κ1) is 9.72. The fourth-order valence-corrected chi connectivity index (χ4v) is 2.14. The van der Waals surface area contributed by atoms with Crippen molar-refractivity contribution in [3.8, 4) is 0 Å². The summed E-state index contributed by atoms with van der Waals surface area (Å²) in [6, 6.07) is 0. The quantitative estimate of drug-likeness (QED) is 0.684. The van der Waals surface area contributed by atoms with Gasteiger partial charge in [-0.25, -0.2) is 0 Å². The van der Waals surface area contributed by atoms with E-state index in [2.05, 4.69) is 13.8 Å². The number of ketones is 1. The third kappa shape index (κ3) is 2.31. The van der Waals surface area contributed by atoms with E-state index in [9.17, 15) is 4.79 Å². The summed E-state index contributed by atoms with van der Waals surface area (Å²) in [5, 5.41) is 0. The van der Waals surface area contributed by atoms with Crippen molar-refractivity contribution in [2.45, 2.75) is 39.5 Å². The van der Waals surface area contributed by atoms with Crippen molar-refractivity contribution in [1.82, 2.24) is 0 Å². The summed E-state index contributed by atoms with van der Waals surface area (Å²) >= 11 is 0. The minimum Gasteiger partial charge on any atom is -0.324 e. The van der Waals surface area contributed by atoms with Crippen LogP contribution in [0.4, 0.5) is 0 Å². The Bertz CT molecular complexity index is 175. The highest BCUT2D eigenvalue weighted by molar-refractivity contribution is 5.82. The highest BCUT2D eigenvalue weighted by Crippen LogP contribution is 2.38. The second-order valence-corrected chi connectivity index (χ2v) is 4.63. The molecular formula is C10H19NO. The molecule has 0 saturated heterocycles. The largest absolute Gasteiger partial charge is 0.324 e. The Kier molecular flexibility index (Phi) is 2.89. The number of carbonyl (C=O) groups excluding carboxylic acids is 1. The molecule has 70 valence electrons. The summed E-state index contributed by atoms with van der Waals surface area (Å²) in [4.78, 5) is 11.3. The molecule has 1 aliphatic carbocycles. The predicted molar refractivity (Wildman–Crippen MR) is 49.8 cm³/mol. The lowest BCUT2D eigenvalue weighted by Crippen LogP contribution is -2.31. The molecule has 2 nitrogen and oxygen atoms in total. The Morgan fingerprint density at radius 3 is 2.75 bits per heavy atom. The standard InChI is InChI=1S/C10H19NO/c1-10(2)5-3-4-8(6-10)9(12)7-11/h8H,3-7,11H2,1-2H3. The molecule has 0 spiro atoms. The van der Waals surface area contributed by atoms with Gasteiger partial charge in [-0.3, -0.25) is 4.79 Å². The average molecular weight is 169 g/mol. The summed E-state index contributed by atoms with van der Waals surface area (Å²) in [5.74, 6) is 0.501. The lowest BCUT2D eigenvalue weighted by atomic mass is 9.71. The molecule has 0 aromatic rings. The van der Waals surface area contributed by atoms with E-state index < -0.39 is 0 Å². The minimum absolute atomic E-state index is 0.223. The van der Waals surface area contributed by atoms with Crippen molar-refractivity contribution in [2.24, 2.45) is 17.1 Å². The van der Waals surface area contributed by atoms with Crippen LogP contribution >= 0.6 is 0 Å². The molecule has 1 saturated carbocycles. The first-order valence-electron chi connectivity index (χ1n) is 4.78. The van der Waals surface area contributed by atoms with Crippen LogP contribution in [0.2, 0.25) is 0 Å². The van der Waals surface area contributed by atoms with E-state index in [1.807, 2.05) is 0 Å². The van der Waals surface area contributed by atoms with Gasteiger partial charge < -0.3 is 5.73 Å². The van der Waals surface area contributed by atoms with Crippen LogP contribution in [0.1, 0.15) is 39.5 Å². The van der Waals surface area contributed by atoms with Crippen LogP contribution in [0.3, 0.4) is 0 Å². The maximum absolute atomic E-state index is 11.3. The van der Waals surface area contributed by atoms with Crippen molar-refractivity contribution in [3.05, 3.63) is 0 Å². The minimum atomic E-state index is 0.223. The Labute approximate surface area is 74.5 Å². The van der Waals surface area contributed by atoms with Crippen LogP contribution in [0.15, 0.2) is 0 Å².